The predicted octanol–water partition coefficient (Wildman–Crippen LogP) is 2.17. The molecule has 0 radical (unpaired) electrons. The highest BCUT2D eigenvalue weighted by molar-refractivity contribution is 5.53. The lowest BCUT2D eigenvalue weighted by molar-refractivity contribution is 0.351. The van der Waals surface area contributed by atoms with E-state index in [0.29, 0.717) is 12.1 Å². The topological polar surface area (TPSA) is 30.5 Å². The molecule has 0 bridgehead atoms. The molecule has 0 saturated heterocycles. The summed E-state index contributed by atoms with van der Waals surface area (Å²) in [5.74, 6) is 1.73. The fourth-order valence-electron chi connectivity index (χ4n) is 2.62. The zero-order valence-electron chi connectivity index (χ0n) is 11.0. The van der Waals surface area contributed by atoms with E-state index in [-0.39, 0.29) is 0 Å². The Bertz CT molecular complexity index is 401. The van der Waals surface area contributed by atoms with Crippen molar-refractivity contribution in [3.05, 3.63) is 23.3 Å². The highest BCUT2D eigenvalue weighted by atomic mass is 16.5. The van der Waals surface area contributed by atoms with Crippen molar-refractivity contribution in [2.45, 2.75) is 38.8 Å². The van der Waals surface area contributed by atoms with Crippen molar-refractivity contribution < 1.29 is 9.47 Å². The summed E-state index contributed by atoms with van der Waals surface area (Å²) in [5.41, 5.74) is 2.67. The Balaban J connectivity index is 2.25. The molecule has 0 amide bonds. The van der Waals surface area contributed by atoms with Crippen molar-refractivity contribution in [1.82, 2.24) is 5.32 Å². The molecular weight excluding hydrogens is 214 g/mol. The fourth-order valence-corrected chi connectivity index (χ4v) is 2.62. The molecule has 1 unspecified atom stereocenters. The molecule has 1 N–H and O–H groups in total. The molecule has 0 heterocycles. The van der Waals surface area contributed by atoms with Crippen LogP contribution in [0.2, 0.25) is 0 Å². The van der Waals surface area contributed by atoms with E-state index < -0.39 is 0 Å². The molecule has 3 heteroatoms. The van der Waals surface area contributed by atoms with Gasteiger partial charge in [0.05, 0.1) is 14.2 Å². The lowest BCUT2D eigenvalue weighted by atomic mass is 10.1. The minimum absolute atomic E-state index is 0.516. The van der Waals surface area contributed by atoms with E-state index >= 15 is 0 Å². The lowest BCUT2D eigenvalue weighted by Crippen LogP contribution is -2.35. The van der Waals surface area contributed by atoms with Crippen molar-refractivity contribution in [1.29, 1.82) is 0 Å². The van der Waals surface area contributed by atoms with Crippen LogP contribution in [0, 0.1) is 0 Å². The first kappa shape index (κ1) is 12.2. The Hall–Kier alpha value is -1.22. The van der Waals surface area contributed by atoms with Crippen molar-refractivity contribution in [2.24, 2.45) is 0 Å². The third-order valence-electron chi connectivity index (χ3n) is 3.23. The Kier molecular flexibility index (Phi) is 3.57. The number of nitrogens with one attached hydrogen (secondary N) is 1. The van der Waals surface area contributed by atoms with Crippen molar-refractivity contribution >= 4 is 0 Å². The van der Waals surface area contributed by atoms with Crippen LogP contribution >= 0.6 is 0 Å². The molecule has 0 saturated carbocycles. The third kappa shape index (κ3) is 2.39. The maximum absolute atomic E-state index is 5.48. The van der Waals surface area contributed by atoms with E-state index in [4.69, 9.17) is 9.47 Å². The van der Waals surface area contributed by atoms with Gasteiger partial charge >= 0.3 is 0 Å². The van der Waals surface area contributed by atoms with Crippen molar-refractivity contribution in [2.75, 3.05) is 14.2 Å². The monoisotopic (exact) mass is 235 g/mol. The second-order valence-electron chi connectivity index (χ2n) is 4.87. The second-order valence-corrected chi connectivity index (χ2v) is 4.87. The Morgan fingerprint density at radius 2 is 1.94 bits per heavy atom. The number of rotatable bonds is 4. The molecular formula is C14H21NO2. The first-order chi connectivity index (χ1) is 8.15. The quantitative estimate of drug-likeness (QED) is 0.867. The predicted molar refractivity (Wildman–Crippen MR) is 69.0 cm³/mol. The van der Waals surface area contributed by atoms with Crippen LogP contribution in [0.1, 0.15) is 25.0 Å². The molecule has 94 valence electrons. The third-order valence-corrected chi connectivity index (χ3v) is 3.23. The van der Waals surface area contributed by atoms with Crippen LogP contribution in [0.25, 0.3) is 0 Å². The molecule has 0 aromatic heterocycles. The molecule has 1 aromatic carbocycles. The van der Waals surface area contributed by atoms with Crippen LogP contribution in [0.5, 0.6) is 11.5 Å². The zero-order valence-corrected chi connectivity index (χ0v) is 11.0. The lowest BCUT2D eigenvalue weighted by Gasteiger charge is -2.15. The van der Waals surface area contributed by atoms with Gasteiger partial charge in [0.1, 0.15) is 0 Å². The van der Waals surface area contributed by atoms with Crippen LogP contribution < -0.4 is 14.8 Å². The number of fused-ring (bicyclic) bond motifs is 1. The number of hydrogen-bond acceptors (Lipinski definition) is 3. The summed E-state index contributed by atoms with van der Waals surface area (Å²) in [6, 6.07) is 5.18. The first-order valence-electron chi connectivity index (χ1n) is 6.14. The smallest absolute Gasteiger partial charge is 0.164 e. The summed E-state index contributed by atoms with van der Waals surface area (Å²) in [7, 11) is 3.39. The van der Waals surface area contributed by atoms with Gasteiger partial charge in [0.15, 0.2) is 11.5 Å². The summed E-state index contributed by atoms with van der Waals surface area (Å²) in [5, 5.41) is 3.58. The van der Waals surface area contributed by atoms with Gasteiger partial charge in [0, 0.05) is 17.6 Å². The van der Waals surface area contributed by atoms with Gasteiger partial charge in [-0.3, -0.25) is 0 Å². The van der Waals surface area contributed by atoms with Crippen LogP contribution in [-0.4, -0.2) is 26.3 Å². The minimum atomic E-state index is 0.516. The molecule has 0 fully saturated rings. The summed E-state index contributed by atoms with van der Waals surface area (Å²) in [4.78, 5) is 0. The molecule has 1 atom stereocenters. The van der Waals surface area contributed by atoms with Crippen LogP contribution in [0.15, 0.2) is 12.1 Å². The van der Waals surface area contributed by atoms with Gasteiger partial charge < -0.3 is 14.8 Å². The van der Waals surface area contributed by atoms with Gasteiger partial charge in [-0.05, 0) is 24.5 Å². The standard InChI is InChI=1S/C14H21NO2/c1-9(2)15-11-7-10-5-6-13(16-3)14(17-4)12(10)8-11/h5-6,9,11,15H,7-8H2,1-4H3. The normalized spacial score (nSPS) is 18.3. The van der Waals surface area contributed by atoms with Crippen LogP contribution in [0.3, 0.4) is 0 Å². The van der Waals surface area contributed by atoms with Crippen LogP contribution in [-0.2, 0) is 12.8 Å². The SMILES string of the molecule is COc1ccc2c(c1OC)CC(NC(C)C)C2. The fraction of sp³-hybridized carbons (Fsp3) is 0.571. The van der Waals surface area contributed by atoms with E-state index in [0.717, 1.165) is 24.3 Å². The molecule has 1 aliphatic carbocycles. The summed E-state index contributed by atoms with van der Waals surface area (Å²) >= 11 is 0. The van der Waals surface area contributed by atoms with E-state index in [9.17, 15) is 0 Å². The minimum Gasteiger partial charge on any atom is -0.493 e. The number of benzene rings is 1. The molecule has 3 nitrogen and oxygen atoms in total. The molecule has 17 heavy (non-hydrogen) atoms. The molecule has 0 spiro atoms. The van der Waals surface area contributed by atoms with E-state index in [1.54, 1.807) is 14.2 Å². The highest BCUT2D eigenvalue weighted by Gasteiger charge is 2.26. The van der Waals surface area contributed by atoms with Gasteiger partial charge in [-0.2, -0.15) is 0 Å². The van der Waals surface area contributed by atoms with E-state index in [1.165, 1.54) is 11.1 Å². The van der Waals surface area contributed by atoms with Gasteiger partial charge in [0.2, 0.25) is 0 Å². The Morgan fingerprint density at radius 3 is 2.53 bits per heavy atom. The van der Waals surface area contributed by atoms with E-state index in [2.05, 4.69) is 25.2 Å². The average molecular weight is 235 g/mol. The van der Waals surface area contributed by atoms with Gasteiger partial charge in [-0.1, -0.05) is 19.9 Å². The molecule has 0 aliphatic heterocycles. The maximum atomic E-state index is 5.48. The second kappa shape index (κ2) is 4.96. The molecule has 1 aromatic rings. The van der Waals surface area contributed by atoms with Gasteiger partial charge in [-0.15, -0.1) is 0 Å². The summed E-state index contributed by atoms with van der Waals surface area (Å²) < 4.78 is 10.8. The Morgan fingerprint density at radius 1 is 1.18 bits per heavy atom. The highest BCUT2D eigenvalue weighted by Crippen LogP contribution is 2.38. The Labute approximate surface area is 103 Å². The van der Waals surface area contributed by atoms with Gasteiger partial charge in [0.25, 0.3) is 0 Å². The largest absolute Gasteiger partial charge is 0.493 e. The zero-order chi connectivity index (χ0) is 12.4. The van der Waals surface area contributed by atoms with Crippen molar-refractivity contribution in [3.63, 3.8) is 0 Å². The number of ether oxygens (including phenoxy) is 2. The number of methoxy groups -OCH3 is 2. The molecule has 1 aliphatic rings. The summed E-state index contributed by atoms with van der Waals surface area (Å²) in [6.07, 6.45) is 2.10. The van der Waals surface area contributed by atoms with Crippen molar-refractivity contribution in [3.8, 4) is 11.5 Å². The maximum Gasteiger partial charge on any atom is 0.164 e. The molecule has 2 rings (SSSR count). The van der Waals surface area contributed by atoms with Gasteiger partial charge in [-0.25, -0.2) is 0 Å². The van der Waals surface area contributed by atoms with E-state index in [1.807, 2.05) is 6.07 Å². The summed E-state index contributed by atoms with van der Waals surface area (Å²) in [6.45, 7) is 4.36. The average Bonchev–Trinajstić information content (AvgIpc) is 2.68. The van der Waals surface area contributed by atoms with Crippen LogP contribution in [0.4, 0.5) is 0 Å². The number of hydrogen-bond donors (Lipinski definition) is 1. The first-order valence-corrected chi connectivity index (χ1v) is 6.14.